The van der Waals surface area contributed by atoms with Crippen molar-refractivity contribution in [2.45, 2.75) is 6.92 Å². The van der Waals surface area contributed by atoms with E-state index in [2.05, 4.69) is 9.97 Å². The Kier molecular flexibility index (Phi) is 2.47. The second kappa shape index (κ2) is 3.78. The van der Waals surface area contributed by atoms with Crippen LogP contribution in [0.1, 0.15) is 15.5 Å². The van der Waals surface area contributed by atoms with Gasteiger partial charge in [0.05, 0.1) is 0 Å². The Hall–Kier alpha value is -1.75. The van der Waals surface area contributed by atoms with Crippen molar-refractivity contribution >= 4 is 17.3 Å². The zero-order valence-corrected chi connectivity index (χ0v) is 8.78. The average Bonchev–Trinajstić information content (AvgIpc) is 2.68. The Bertz CT molecular complexity index is 490. The summed E-state index contributed by atoms with van der Waals surface area (Å²) in [6.07, 6.45) is 3.39. The third-order valence-electron chi connectivity index (χ3n) is 1.88. The minimum atomic E-state index is -0.903. The molecule has 15 heavy (non-hydrogen) atoms. The zero-order chi connectivity index (χ0) is 10.8. The topological polar surface area (TPSA) is 63.1 Å². The predicted molar refractivity (Wildman–Crippen MR) is 57.0 cm³/mol. The highest BCUT2D eigenvalue weighted by molar-refractivity contribution is 7.17. The summed E-state index contributed by atoms with van der Waals surface area (Å²) in [5.41, 5.74) is 0.845. The predicted octanol–water partition coefficient (Wildman–Crippen LogP) is 2.21. The minimum Gasteiger partial charge on any atom is -0.477 e. The molecule has 0 aliphatic heterocycles. The van der Waals surface area contributed by atoms with Gasteiger partial charge in [0.2, 0.25) is 0 Å². The molecule has 0 aliphatic carbocycles. The minimum absolute atomic E-state index is 0.325. The summed E-state index contributed by atoms with van der Waals surface area (Å²) in [7, 11) is 0. The molecule has 5 heteroatoms. The maximum Gasteiger partial charge on any atom is 0.345 e. The van der Waals surface area contributed by atoms with Crippen molar-refractivity contribution in [2.75, 3.05) is 0 Å². The van der Waals surface area contributed by atoms with Crippen molar-refractivity contribution in [2.24, 2.45) is 0 Å². The number of carbonyl (C=O) groups is 1. The lowest BCUT2D eigenvalue weighted by molar-refractivity contribution is 0.0702. The first kappa shape index (κ1) is 9.79. The van der Waals surface area contributed by atoms with Crippen molar-refractivity contribution in [1.82, 2.24) is 9.97 Å². The molecule has 4 nitrogen and oxygen atoms in total. The van der Waals surface area contributed by atoms with Crippen molar-refractivity contribution in [1.29, 1.82) is 0 Å². The maximum atomic E-state index is 10.7. The van der Waals surface area contributed by atoms with Crippen molar-refractivity contribution in [3.8, 4) is 10.4 Å². The van der Waals surface area contributed by atoms with Gasteiger partial charge < -0.3 is 5.11 Å². The van der Waals surface area contributed by atoms with E-state index >= 15 is 0 Å². The summed E-state index contributed by atoms with van der Waals surface area (Å²) >= 11 is 1.22. The molecule has 0 aliphatic rings. The molecule has 0 bridgehead atoms. The highest BCUT2D eigenvalue weighted by atomic mass is 32.1. The number of aromatic carboxylic acids is 1. The lowest BCUT2D eigenvalue weighted by Gasteiger charge is -1.95. The van der Waals surface area contributed by atoms with Gasteiger partial charge in [0, 0.05) is 22.8 Å². The quantitative estimate of drug-likeness (QED) is 0.842. The van der Waals surface area contributed by atoms with E-state index in [0.717, 1.165) is 10.4 Å². The number of aryl methyl sites for hydroxylation is 1. The van der Waals surface area contributed by atoms with Crippen molar-refractivity contribution in [3.05, 3.63) is 35.2 Å². The van der Waals surface area contributed by atoms with Crippen LogP contribution in [-0.2, 0) is 0 Å². The van der Waals surface area contributed by atoms with E-state index < -0.39 is 5.97 Å². The molecule has 0 spiro atoms. The number of hydrogen-bond donors (Lipinski definition) is 1. The number of thiophene rings is 1. The molecule has 0 saturated carbocycles. The molecule has 1 N–H and O–H groups in total. The monoisotopic (exact) mass is 220 g/mol. The first-order chi connectivity index (χ1) is 7.16. The van der Waals surface area contributed by atoms with Crippen LogP contribution in [0.25, 0.3) is 10.4 Å². The van der Waals surface area contributed by atoms with Crippen molar-refractivity contribution < 1.29 is 9.90 Å². The van der Waals surface area contributed by atoms with Gasteiger partial charge in [-0.2, -0.15) is 0 Å². The van der Waals surface area contributed by atoms with Gasteiger partial charge in [-0.3, -0.25) is 0 Å². The number of hydrogen-bond acceptors (Lipinski definition) is 4. The molecule has 0 amide bonds. The van der Waals surface area contributed by atoms with Crippen LogP contribution >= 0.6 is 11.3 Å². The second-order valence-corrected chi connectivity index (χ2v) is 4.07. The van der Waals surface area contributed by atoms with Gasteiger partial charge in [-0.1, -0.05) is 0 Å². The Balaban J connectivity index is 2.37. The number of aromatic nitrogens is 2. The summed E-state index contributed by atoms with van der Waals surface area (Å²) in [6, 6.07) is 3.35. The summed E-state index contributed by atoms with van der Waals surface area (Å²) < 4.78 is 0. The van der Waals surface area contributed by atoms with Gasteiger partial charge in [0.15, 0.2) is 0 Å². The lowest BCUT2D eigenvalue weighted by atomic mass is 10.3. The highest BCUT2D eigenvalue weighted by Gasteiger charge is 2.08. The highest BCUT2D eigenvalue weighted by Crippen LogP contribution is 2.26. The fraction of sp³-hybridized carbons (Fsp3) is 0.100. The van der Waals surface area contributed by atoms with E-state index in [9.17, 15) is 4.79 Å². The van der Waals surface area contributed by atoms with Crippen LogP contribution in [0.5, 0.6) is 0 Å². The van der Waals surface area contributed by atoms with Crippen LogP contribution in [0.3, 0.4) is 0 Å². The molecule has 2 aromatic heterocycles. The Morgan fingerprint density at radius 3 is 2.53 bits per heavy atom. The van der Waals surface area contributed by atoms with E-state index in [1.54, 1.807) is 31.5 Å². The molecular formula is C10H8N2O2S. The third kappa shape index (κ3) is 2.02. The van der Waals surface area contributed by atoms with Crippen LogP contribution in [0.2, 0.25) is 0 Å². The summed E-state index contributed by atoms with van der Waals surface area (Å²) in [5.74, 6) is -0.201. The SMILES string of the molecule is Cc1ncc(-c2ccc(C(=O)O)s2)cn1. The maximum absolute atomic E-state index is 10.7. The zero-order valence-electron chi connectivity index (χ0n) is 7.97. The van der Waals surface area contributed by atoms with Gasteiger partial charge in [-0.15, -0.1) is 11.3 Å². The number of rotatable bonds is 2. The first-order valence-electron chi connectivity index (χ1n) is 4.29. The first-order valence-corrected chi connectivity index (χ1v) is 5.10. The smallest absolute Gasteiger partial charge is 0.345 e. The van der Waals surface area contributed by atoms with Gasteiger partial charge in [-0.05, 0) is 19.1 Å². The molecule has 0 aromatic carbocycles. The normalized spacial score (nSPS) is 10.2. The largest absolute Gasteiger partial charge is 0.477 e. The summed E-state index contributed by atoms with van der Waals surface area (Å²) in [4.78, 5) is 20.0. The molecule has 2 aromatic rings. The fourth-order valence-electron chi connectivity index (χ4n) is 1.13. The van der Waals surface area contributed by atoms with Crippen LogP contribution in [0.4, 0.5) is 0 Å². The number of nitrogens with zero attached hydrogens (tertiary/aromatic N) is 2. The summed E-state index contributed by atoms with van der Waals surface area (Å²) in [6.45, 7) is 1.81. The van der Waals surface area contributed by atoms with Crippen molar-refractivity contribution in [3.63, 3.8) is 0 Å². The van der Waals surface area contributed by atoms with Gasteiger partial charge in [0.25, 0.3) is 0 Å². The van der Waals surface area contributed by atoms with E-state index in [4.69, 9.17) is 5.11 Å². The Morgan fingerprint density at radius 2 is 2.00 bits per heavy atom. The lowest BCUT2D eigenvalue weighted by Crippen LogP contribution is -1.89. The van der Waals surface area contributed by atoms with E-state index in [0.29, 0.717) is 10.7 Å². The number of carboxylic acids is 1. The molecule has 76 valence electrons. The molecule has 2 heterocycles. The molecular weight excluding hydrogens is 212 g/mol. The third-order valence-corrected chi connectivity index (χ3v) is 3.00. The summed E-state index contributed by atoms with van der Waals surface area (Å²) in [5, 5.41) is 8.77. The molecule has 0 radical (unpaired) electrons. The fourth-order valence-corrected chi connectivity index (χ4v) is 1.95. The molecule has 0 unspecified atom stereocenters. The van der Waals surface area contributed by atoms with E-state index in [-0.39, 0.29) is 0 Å². The molecule has 0 atom stereocenters. The molecule has 0 fully saturated rings. The van der Waals surface area contributed by atoms with Gasteiger partial charge >= 0.3 is 5.97 Å². The Morgan fingerprint density at radius 1 is 1.33 bits per heavy atom. The standard InChI is InChI=1S/C10H8N2O2S/c1-6-11-4-7(5-12-6)8-2-3-9(15-8)10(13)14/h2-5H,1H3,(H,13,14). The molecule has 0 saturated heterocycles. The van der Waals surface area contributed by atoms with Crippen LogP contribution in [0, 0.1) is 6.92 Å². The molecule has 2 rings (SSSR count). The van der Waals surface area contributed by atoms with Crippen LogP contribution in [-0.4, -0.2) is 21.0 Å². The van der Waals surface area contributed by atoms with E-state index in [1.807, 2.05) is 0 Å². The number of carboxylic acid groups (broad SMARTS) is 1. The van der Waals surface area contributed by atoms with Gasteiger partial charge in [-0.25, -0.2) is 14.8 Å². The average molecular weight is 220 g/mol. The van der Waals surface area contributed by atoms with Crippen LogP contribution in [0.15, 0.2) is 24.5 Å². The van der Waals surface area contributed by atoms with Gasteiger partial charge in [0.1, 0.15) is 10.7 Å². The van der Waals surface area contributed by atoms with E-state index in [1.165, 1.54) is 11.3 Å². The second-order valence-electron chi connectivity index (χ2n) is 2.99. The Labute approximate surface area is 90.3 Å². The van der Waals surface area contributed by atoms with Crippen LogP contribution < -0.4 is 0 Å².